The normalized spacial score (nSPS) is 14.1. The fraction of sp³-hybridized carbons (Fsp3) is 0.200. The second-order valence-corrected chi connectivity index (χ2v) is 4.78. The Kier molecular flexibility index (Phi) is 3.24. The van der Waals surface area contributed by atoms with Crippen molar-refractivity contribution in [3.63, 3.8) is 0 Å². The molecule has 0 aliphatic carbocycles. The average molecular weight is 166 g/mol. The van der Waals surface area contributed by atoms with E-state index in [0.717, 1.165) is 5.75 Å². The lowest BCUT2D eigenvalue weighted by Gasteiger charge is -2.12. The number of hydrogen-bond donors (Lipinski definition) is 1. The molecule has 1 unspecified atom stereocenters. The minimum absolute atomic E-state index is 0.00617. The Morgan fingerprint density at radius 1 is 1.36 bits per heavy atom. The van der Waals surface area contributed by atoms with Crippen LogP contribution in [-0.2, 0) is 0 Å². The molecule has 0 amide bonds. The van der Waals surface area contributed by atoms with E-state index in [0.29, 0.717) is 0 Å². The van der Waals surface area contributed by atoms with Gasteiger partial charge in [-0.25, -0.2) is 10.9 Å². The summed E-state index contributed by atoms with van der Waals surface area (Å²) in [5.74, 6) is 1.12. The molecular weight excluding hydrogens is 152 g/mol. The maximum atomic E-state index is 3.74. The molecule has 1 rings (SSSR count). The second-order valence-electron chi connectivity index (χ2n) is 2.50. The van der Waals surface area contributed by atoms with Gasteiger partial charge in [0.2, 0.25) is 0 Å². The molecule has 0 fully saturated rings. The molecule has 0 saturated carbocycles. The molecule has 11 heavy (non-hydrogen) atoms. The van der Waals surface area contributed by atoms with Crippen molar-refractivity contribution in [2.75, 3.05) is 12.0 Å². The minimum Gasteiger partial charge on any atom is -0.226 e. The summed E-state index contributed by atoms with van der Waals surface area (Å²) in [5.41, 5.74) is 0. The van der Waals surface area contributed by atoms with Crippen LogP contribution in [0.25, 0.3) is 0 Å². The van der Waals surface area contributed by atoms with Crippen LogP contribution >= 0.6 is 10.9 Å². The van der Waals surface area contributed by atoms with Gasteiger partial charge in [0.1, 0.15) is 0 Å². The monoisotopic (exact) mass is 166 g/mol. The molecule has 0 nitrogen and oxygen atoms in total. The number of hydrogen-bond acceptors (Lipinski definition) is 0. The van der Waals surface area contributed by atoms with Gasteiger partial charge >= 0.3 is 0 Å². The Morgan fingerprint density at radius 3 is 2.55 bits per heavy atom. The average Bonchev–Trinajstić information content (AvgIpc) is 2.07. The third-order valence-corrected chi connectivity index (χ3v) is 3.59. The highest BCUT2D eigenvalue weighted by Gasteiger charge is 1.95. The highest BCUT2D eigenvalue weighted by Crippen LogP contribution is 2.31. The molecule has 1 atom stereocenters. The van der Waals surface area contributed by atoms with Gasteiger partial charge in [-0.15, -0.1) is 6.58 Å². The molecule has 0 radical (unpaired) electrons. The van der Waals surface area contributed by atoms with E-state index in [9.17, 15) is 0 Å². The van der Waals surface area contributed by atoms with Crippen LogP contribution in [0.3, 0.4) is 0 Å². The van der Waals surface area contributed by atoms with Crippen molar-refractivity contribution in [1.82, 2.24) is 0 Å². The summed E-state index contributed by atoms with van der Waals surface area (Å²) < 4.78 is 0. The summed E-state index contributed by atoms with van der Waals surface area (Å²) in [6.45, 7) is 3.74. The third-order valence-electron chi connectivity index (χ3n) is 1.60. The molecule has 0 heterocycles. The molecule has 60 valence electrons. The number of benzene rings is 1. The Labute approximate surface area is 71.3 Å². The van der Waals surface area contributed by atoms with E-state index >= 15 is 0 Å². The van der Waals surface area contributed by atoms with E-state index in [1.54, 1.807) is 0 Å². The zero-order chi connectivity index (χ0) is 8.10. The Hall–Kier alpha value is -0.690. The van der Waals surface area contributed by atoms with Crippen LogP contribution in [0.2, 0.25) is 0 Å². The molecule has 0 aliphatic heterocycles. The molecule has 1 heteroatoms. The lowest BCUT2D eigenvalue weighted by molar-refractivity contribution is 1.44. The van der Waals surface area contributed by atoms with Gasteiger partial charge in [-0.05, 0) is 16.9 Å². The first kappa shape index (κ1) is 8.41. The lowest BCUT2D eigenvalue weighted by Crippen LogP contribution is -1.82. The van der Waals surface area contributed by atoms with Crippen molar-refractivity contribution in [3.8, 4) is 0 Å². The van der Waals surface area contributed by atoms with Gasteiger partial charge in [0.25, 0.3) is 0 Å². The minimum atomic E-state index is 0.00617. The largest absolute Gasteiger partial charge is 0.226 e. The van der Waals surface area contributed by atoms with Crippen LogP contribution in [0.1, 0.15) is 0 Å². The van der Waals surface area contributed by atoms with E-state index in [1.165, 1.54) is 4.90 Å². The van der Waals surface area contributed by atoms with Gasteiger partial charge in [0, 0.05) is 0 Å². The lowest BCUT2D eigenvalue weighted by atomic mass is 10.4. The Bertz CT molecular complexity index is 216. The fourth-order valence-electron chi connectivity index (χ4n) is 0.982. The van der Waals surface area contributed by atoms with E-state index < -0.39 is 0 Å². The van der Waals surface area contributed by atoms with Crippen LogP contribution in [0.15, 0.2) is 47.9 Å². The maximum absolute atomic E-state index is 3.74. The summed E-state index contributed by atoms with van der Waals surface area (Å²) in [6, 6.07) is 10.6. The quantitative estimate of drug-likeness (QED) is 0.518. The highest BCUT2D eigenvalue weighted by molar-refractivity contribution is 8.16. The maximum Gasteiger partial charge on any atom is -0.00383 e. The van der Waals surface area contributed by atoms with Crippen LogP contribution in [0.5, 0.6) is 0 Å². The number of thiol groups is 1. The molecule has 0 spiro atoms. The van der Waals surface area contributed by atoms with Crippen LogP contribution < -0.4 is 0 Å². The van der Waals surface area contributed by atoms with E-state index in [4.69, 9.17) is 0 Å². The zero-order valence-corrected chi connectivity index (χ0v) is 7.72. The van der Waals surface area contributed by atoms with E-state index in [2.05, 4.69) is 43.2 Å². The summed E-state index contributed by atoms with van der Waals surface area (Å²) in [4.78, 5) is 1.46. The van der Waals surface area contributed by atoms with Gasteiger partial charge in [-0.3, -0.25) is 0 Å². The van der Waals surface area contributed by atoms with Crippen molar-refractivity contribution in [3.05, 3.63) is 43.0 Å². The van der Waals surface area contributed by atoms with E-state index in [-0.39, 0.29) is 10.9 Å². The van der Waals surface area contributed by atoms with Gasteiger partial charge in [0.15, 0.2) is 0 Å². The summed E-state index contributed by atoms with van der Waals surface area (Å²) >= 11 is 0. The van der Waals surface area contributed by atoms with Gasteiger partial charge < -0.3 is 0 Å². The van der Waals surface area contributed by atoms with Crippen LogP contribution in [0.4, 0.5) is 0 Å². The number of rotatable bonds is 3. The molecule has 0 N–H and O–H groups in total. The van der Waals surface area contributed by atoms with E-state index in [1.807, 2.05) is 6.08 Å². The first-order chi connectivity index (χ1) is 5.34. The van der Waals surface area contributed by atoms with Gasteiger partial charge in [-0.1, -0.05) is 36.4 Å². The molecule has 1 aromatic rings. The molecule has 0 bridgehead atoms. The third kappa shape index (κ3) is 2.43. The topological polar surface area (TPSA) is 0 Å². The molecule has 0 aromatic heterocycles. The Balaban J connectivity index is 2.68. The highest BCUT2D eigenvalue weighted by atomic mass is 32.2. The molecule has 0 saturated heterocycles. The van der Waals surface area contributed by atoms with Crippen molar-refractivity contribution in [2.24, 2.45) is 0 Å². The SMILES string of the molecule is C=CC[SH](C)c1ccccc1. The summed E-state index contributed by atoms with van der Waals surface area (Å²) in [6.07, 6.45) is 4.28. The van der Waals surface area contributed by atoms with Crippen molar-refractivity contribution < 1.29 is 0 Å². The first-order valence-electron chi connectivity index (χ1n) is 3.71. The van der Waals surface area contributed by atoms with Crippen molar-refractivity contribution in [2.45, 2.75) is 4.90 Å². The predicted octanol–water partition coefficient (Wildman–Crippen LogP) is 2.86. The van der Waals surface area contributed by atoms with Crippen molar-refractivity contribution >= 4 is 10.9 Å². The zero-order valence-electron chi connectivity index (χ0n) is 6.83. The smallest absolute Gasteiger partial charge is 0.00383 e. The van der Waals surface area contributed by atoms with Crippen LogP contribution in [0, 0.1) is 0 Å². The fourth-order valence-corrected chi connectivity index (χ4v) is 2.26. The van der Waals surface area contributed by atoms with Gasteiger partial charge in [0.05, 0.1) is 0 Å². The Morgan fingerprint density at radius 2 is 2.00 bits per heavy atom. The standard InChI is InChI=1S/C10H14S/c1-3-9-11(2)10-7-5-4-6-8-10/h3-8,11H,1,9H2,2H3. The summed E-state index contributed by atoms with van der Waals surface area (Å²) in [7, 11) is 0.00617. The second kappa shape index (κ2) is 4.24. The molecular formula is C10H14S. The predicted molar refractivity (Wildman–Crippen MR) is 54.7 cm³/mol. The van der Waals surface area contributed by atoms with Crippen molar-refractivity contribution in [1.29, 1.82) is 0 Å². The molecule has 0 aliphatic rings. The summed E-state index contributed by atoms with van der Waals surface area (Å²) in [5, 5.41) is 0. The molecule has 1 aromatic carbocycles. The van der Waals surface area contributed by atoms with Crippen LogP contribution in [-0.4, -0.2) is 12.0 Å². The first-order valence-corrected chi connectivity index (χ1v) is 5.69. The van der Waals surface area contributed by atoms with Gasteiger partial charge in [-0.2, -0.15) is 0 Å².